The summed E-state index contributed by atoms with van der Waals surface area (Å²) in [5.74, 6) is -0.117. The van der Waals surface area contributed by atoms with E-state index in [0.717, 1.165) is 37.1 Å². The second kappa shape index (κ2) is 6.70. The maximum absolute atomic E-state index is 12.9. The molecule has 136 valence electrons. The van der Waals surface area contributed by atoms with Crippen LogP contribution in [0.3, 0.4) is 0 Å². The highest BCUT2D eigenvalue weighted by molar-refractivity contribution is 6.00. The molecular weight excluding hydrogens is 332 g/mol. The van der Waals surface area contributed by atoms with Crippen LogP contribution in [-0.2, 0) is 4.79 Å². The average molecular weight is 354 g/mol. The zero-order valence-electron chi connectivity index (χ0n) is 14.7. The van der Waals surface area contributed by atoms with E-state index >= 15 is 0 Å². The molecule has 8 nitrogen and oxygen atoms in total. The lowest BCUT2D eigenvalue weighted by molar-refractivity contribution is -0.119. The van der Waals surface area contributed by atoms with Crippen molar-refractivity contribution in [1.29, 1.82) is 0 Å². The first-order valence-corrected chi connectivity index (χ1v) is 8.96. The molecule has 0 radical (unpaired) electrons. The molecule has 8 heteroatoms. The van der Waals surface area contributed by atoms with Gasteiger partial charge in [0.15, 0.2) is 0 Å². The highest BCUT2D eigenvalue weighted by atomic mass is 16.2. The number of aromatic nitrogens is 4. The van der Waals surface area contributed by atoms with Gasteiger partial charge in [-0.25, -0.2) is 4.79 Å². The summed E-state index contributed by atoms with van der Waals surface area (Å²) in [5, 5.41) is 7.25. The van der Waals surface area contributed by atoms with E-state index in [4.69, 9.17) is 0 Å². The molecule has 0 aliphatic carbocycles. The molecule has 0 spiro atoms. The van der Waals surface area contributed by atoms with E-state index in [-0.39, 0.29) is 17.6 Å². The van der Waals surface area contributed by atoms with Gasteiger partial charge < -0.3 is 20.2 Å². The molecule has 4 rings (SSSR count). The molecule has 1 aliphatic heterocycles. The second-order valence-corrected chi connectivity index (χ2v) is 6.59. The van der Waals surface area contributed by atoms with Crippen LogP contribution in [0.2, 0.25) is 0 Å². The molecule has 1 fully saturated rings. The summed E-state index contributed by atoms with van der Waals surface area (Å²) < 4.78 is 1.67. The summed E-state index contributed by atoms with van der Waals surface area (Å²) in [6.07, 6.45) is 6.35. The number of anilines is 2. The van der Waals surface area contributed by atoms with Gasteiger partial charge in [0.25, 0.3) is 0 Å². The van der Waals surface area contributed by atoms with Crippen molar-refractivity contribution < 1.29 is 4.79 Å². The van der Waals surface area contributed by atoms with Gasteiger partial charge in [-0.2, -0.15) is 5.10 Å². The van der Waals surface area contributed by atoms with Gasteiger partial charge >= 0.3 is 5.69 Å². The van der Waals surface area contributed by atoms with Gasteiger partial charge in [0, 0.05) is 25.5 Å². The molecule has 3 aromatic rings. The number of carbonyl (C=O) groups excluding carboxylic acids is 1. The minimum absolute atomic E-state index is 0.117. The Labute approximate surface area is 150 Å². The predicted molar refractivity (Wildman–Crippen MR) is 101 cm³/mol. The Morgan fingerprint density at radius 3 is 2.65 bits per heavy atom. The molecule has 26 heavy (non-hydrogen) atoms. The van der Waals surface area contributed by atoms with Crippen molar-refractivity contribution in [3.05, 3.63) is 41.1 Å². The first-order chi connectivity index (χ1) is 12.7. The summed E-state index contributed by atoms with van der Waals surface area (Å²) in [7, 11) is 0. The summed E-state index contributed by atoms with van der Waals surface area (Å²) in [6, 6.07) is 5.19. The number of aromatic amines is 2. The van der Waals surface area contributed by atoms with E-state index in [0.29, 0.717) is 17.6 Å². The number of hydrogen-bond acceptors (Lipinski definition) is 4. The van der Waals surface area contributed by atoms with E-state index in [9.17, 15) is 9.59 Å². The number of amides is 1. The Morgan fingerprint density at radius 1 is 1.27 bits per heavy atom. The summed E-state index contributed by atoms with van der Waals surface area (Å²) in [6.45, 7) is 3.85. The van der Waals surface area contributed by atoms with Crippen LogP contribution in [0.1, 0.15) is 32.2 Å². The van der Waals surface area contributed by atoms with E-state index < -0.39 is 0 Å². The van der Waals surface area contributed by atoms with E-state index in [1.54, 1.807) is 17.1 Å². The molecule has 1 aliphatic rings. The quantitative estimate of drug-likeness (QED) is 0.654. The third kappa shape index (κ3) is 2.98. The fraction of sp³-hybridized carbons (Fsp3) is 0.389. The number of nitrogens with one attached hydrogen (secondary N) is 3. The number of imidazole rings is 1. The number of nitrogens with zero attached hydrogens (tertiary/aromatic N) is 3. The van der Waals surface area contributed by atoms with Gasteiger partial charge in [-0.05, 0) is 37.5 Å². The van der Waals surface area contributed by atoms with Crippen LogP contribution < -0.4 is 15.9 Å². The van der Waals surface area contributed by atoms with Crippen LogP contribution in [0.5, 0.6) is 0 Å². The first-order valence-electron chi connectivity index (χ1n) is 8.96. The SMILES string of the molecule is CCC(C(=O)Nc1cc2[nH]c(=O)[nH]c2cc1N1CCCC1)n1cccn1. The van der Waals surface area contributed by atoms with Gasteiger partial charge in [0.05, 0.1) is 22.4 Å². The maximum Gasteiger partial charge on any atom is 0.323 e. The molecule has 1 saturated heterocycles. The zero-order chi connectivity index (χ0) is 18.1. The first kappa shape index (κ1) is 16.4. The van der Waals surface area contributed by atoms with Crippen molar-refractivity contribution in [2.45, 2.75) is 32.2 Å². The Hall–Kier alpha value is -3.03. The monoisotopic (exact) mass is 354 g/mol. The topological polar surface area (TPSA) is 98.8 Å². The molecule has 1 aromatic carbocycles. The number of fused-ring (bicyclic) bond motifs is 1. The molecule has 1 unspecified atom stereocenters. The molecule has 0 bridgehead atoms. The van der Waals surface area contributed by atoms with Crippen molar-refractivity contribution in [1.82, 2.24) is 19.7 Å². The lowest BCUT2D eigenvalue weighted by Gasteiger charge is -2.23. The van der Waals surface area contributed by atoms with Crippen molar-refractivity contribution in [2.24, 2.45) is 0 Å². The van der Waals surface area contributed by atoms with Crippen LogP contribution >= 0.6 is 0 Å². The molecule has 1 amide bonds. The van der Waals surface area contributed by atoms with Crippen molar-refractivity contribution >= 4 is 28.3 Å². The normalized spacial score (nSPS) is 15.5. The predicted octanol–water partition coefficient (Wildman–Crippen LogP) is 2.24. The summed E-state index contributed by atoms with van der Waals surface area (Å²) in [5.41, 5.74) is 2.83. The van der Waals surface area contributed by atoms with Crippen LogP contribution in [-0.4, -0.2) is 38.7 Å². The Kier molecular flexibility index (Phi) is 4.24. The van der Waals surface area contributed by atoms with Crippen LogP contribution in [0.4, 0.5) is 11.4 Å². The van der Waals surface area contributed by atoms with Crippen LogP contribution in [0, 0.1) is 0 Å². The second-order valence-electron chi connectivity index (χ2n) is 6.59. The lowest BCUT2D eigenvalue weighted by atomic mass is 10.1. The Bertz CT molecular complexity index is 965. The van der Waals surface area contributed by atoms with Gasteiger partial charge in [-0.15, -0.1) is 0 Å². The Balaban J connectivity index is 1.70. The molecule has 0 saturated carbocycles. The third-order valence-electron chi connectivity index (χ3n) is 4.87. The summed E-state index contributed by atoms with van der Waals surface area (Å²) in [4.78, 5) is 32.3. The number of hydrogen-bond donors (Lipinski definition) is 3. The minimum Gasteiger partial charge on any atom is -0.370 e. The standard InChI is InChI=1S/C18H22N6O2/c1-2-15(24-9-5-6-19-24)17(25)20-14-10-12-13(22-18(26)21-12)11-16(14)23-7-3-4-8-23/h5-6,9-11,15H,2-4,7-8H2,1H3,(H,20,25)(H2,21,22,26). The van der Waals surface area contributed by atoms with E-state index in [1.807, 2.05) is 25.1 Å². The third-order valence-corrected chi connectivity index (χ3v) is 4.87. The van der Waals surface area contributed by atoms with Gasteiger partial charge in [0.1, 0.15) is 6.04 Å². The molecule has 2 aromatic heterocycles. The average Bonchev–Trinajstić information content (AvgIpc) is 3.35. The van der Waals surface area contributed by atoms with Gasteiger partial charge in [0.2, 0.25) is 5.91 Å². The fourth-order valence-electron chi connectivity index (χ4n) is 3.56. The number of carbonyl (C=O) groups is 1. The van der Waals surface area contributed by atoms with Crippen LogP contribution in [0.25, 0.3) is 11.0 Å². The van der Waals surface area contributed by atoms with E-state index in [1.165, 1.54) is 0 Å². The maximum atomic E-state index is 12.9. The number of benzene rings is 1. The van der Waals surface area contributed by atoms with Gasteiger partial charge in [-0.3, -0.25) is 9.48 Å². The largest absolute Gasteiger partial charge is 0.370 e. The van der Waals surface area contributed by atoms with Crippen molar-refractivity contribution in [3.8, 4) is 0 Å². The molecule has 3 N–H and O–H groups in total. The van der Waals surface area contributed by atoms with E-state index in [2.05, 4.69) is 25.3 Å². The highest BCUT2D eigenvalue weighted by Crippen LogP contribution is 2.32. The molecule has 3 heterocycles. The van der Waals surface area contributed by atoms with Crippen molar-refractivity contribution in [2.75, 3.05) is 23.3 Å². The smallest absolute Gasteiger partial charge is 0.323 e. The summed E-state index contributed by atoms with van der Waals surface area (Å²) >= 11 is 0. The molecular formula is C18H22N6O2. The minimum atomic E-state index is -0.377. The van der Waals surface area contributed by atoms with Gasteiger partial charge in [-0.1, -0.05) is 6.92 Å². The lowest BCUT2D eigenvalue weighted by Crippen LogP contribution is -2.27. The highest BCUT2D eigenvalue weighted by Gasteiger charge is 2.23. The van der Waals surface area contributed by atoms with Crippen molar-refractivity contribution in [3.63, 3.8) is 0 Å². The zero-order valence-corrected chi connectivity index (χ0v) is 14.7. The molecule has 1 atom stereocenters. The number of rotatable bonds is 5. The number of H-pyrrole nitrogens is 2. The van der Waals surface area contributed by atoms with Crippen LogP contribution in [0.15, 0.2) is 35.4 Å². The Morgan fingerprint density at radius 2 is 2.00 bits per heavy atom. The fourth-order valence-corrected chi connectivity index (χ4v) is 3.56.